The van der Waals surface area contributed by atoms with E-state index in [1.807, 2.05) is 0 Å². The number of amides is 2. The Bertz CT molecular complexity index is 962. The number of rotatable bonds is 7. The number of ether oxygens (including phenoxy) is 2. The molecule has 1 aliphatic heterocycles. The highest BCUT2D eigenvalue weighted by molar-refractivity contribution is 6.01. The molecule has 3 rings (SSSR count). The third-order valence-electron chi connectivity index (χ3n) is 4.64. The third-order valence-corrected chi connectivity index (χ3v) is 4.64. The van der Waals surface area contributed by atoms with Gasteiger partial charge in [0.1, 0.15) is 12.4 Å². The Morgan fingerprint density at radius 2 is 2.10 bits per heavy atom. The minimum absolute atomic E-state index is 0.0244. The van der Waals surface area contributed by atoms with Crippen LogP contribution in [-0.4, -0.2) is 41.7 Å². The van der Waals surface area contributed by atoms with Gasteiger partial charge in [0.2, 0.25) is 11.8 Å². The van der Waals surface area contributed by atoms with Crippen LogP contribution in [0.3, 0.4) is 0 Å². The molecule has 2 aromatic rings. The maximum Gasteiger partial charge on any atom is 0.389 e. The molecule has 1 fully saturated rings. The Balaban J connectivity index is 1.80. The fourth-order valence-electron chi connectivity index (χ4n) is 3.41. The van der Waals surface area contributed by atoms with Crippen LogP contribution in [0, 0.1) is 5.92 Å². The smallest absolute Gasteiger partial charge is 0.389 e. The van der Waals surface area contributed by atoms with Gasteiger partial charge in [-0.2, -0.15) is 13.2 Å². The number of carbonyl (C=O) groups excluding carboxylic acids is 2. The van der Waals surface area contributed by atoms with Crippen LogP contribution in [0.4, 0.5) is 13.2 Å². The first-order chi connectivity index (χ1) is 14.0. The lowest BCUT2D eigenvalue weighted by molar-refractivity contribution is -0.151. The van der Waals surface area contributed by atoms with Crippen LogP contribution in [-0.2, 0) is 4.79 Å². The van der Waals surface area contributed by atoms with Crippen LogP contribution in [0.5, 0.6) is 11.6 Å². The molecular weight excluding hydrogens is 403 g/mol. The van der Waals surface area contributed by atoms with Crippen molar-refractivity contribution in [1.29, 1.82) is 0 Å². The molecule has 162 valence electrons. The van der Waals surface area contributed by atoms with E-state index in [1.165, 1.54) is 6.20 Å². The summed E-state index contributed by atoms with van der Waals surface area (Å²) in [6.45, 7) is 3.57. The van der Waals surface area contributed by atoms with Crippen LogP contribution in [0.25, 0.3) is 10.8 Å². The molecule has 1 unspecified atom stereocenters. The number of nitrogens with one attached hydrogen (secondary N) is 1. The second-order valence-electron chi connectivity index (χ2n) is 7.48. The number of nitrogens with zero attached hydrogens (tertiary/aromatic N) is 1. The largest absolute Gasteiger partial charge is 0.490 e. The third kappa shape index (κ3) is 5.11. The van der Waals surface area contributed by atoms with E-state index < -0.39 is 36.4 Å². The number of aromatic nitrogens is 1. The first-order valence-electron chi connectivity index (χ1n) is 9.42. The van der Waals surface area contributed by atoms with Gasteiger partial charge in [0.15, 0.2) is 0 Å². The molecule has 0 aliphatic carbocycles. The van der Waals surface area contributed by atoms with Crippen molar-refractivity contribution in [3.63, 3.8) is 0 Å². The second-order valence-corrected chi connectivity index (χ2v) is 7.48. The van der Waals surface area contributed by atoms with E-state index in [1.54, 1.807) is 32.0 Å². The Hall–Kier alpha value is -3.04. The van der Waals surface area contributed by atoms with Gasteiger partial charge < -0.3 is 20.5 Å². The number of carbonyl (C=O) groups is 2. The number of fused-ring (bicyclic) bond motifs is 1. The molecule has 1 aromatic heterocycles. The molecule has 2 heterocycles. The van der Waals surface area contributed by atoms with Gasteiger partial charge in [-0.15, -0.1) is 0 Å². The Labute approximate surface area is 170 Å². The predicted octanol–water partition coefficient (Wildman–Crippen LogP) is 2.96. The minimum atomic E-state index is -4.40. The van der Waals surface area contributed by atoms with E-state index in [0.29, 0.717) is 10.8 Å². The van der Waals surface area contributed by atoms with Gasteiger partial charge in [-0.3, -0.25) is 9.59 Å². The molecule has 1 saturated heterocycles. The summed E-state index contributed by atoms with van der Waals surface area (Å²) in [6.07, 6.45) is -4.27. The standard InChI is InChI=1S/C20H22F3N3O4/c1-10(2)30-16-7-14-11(6-15(16)17(24)27)3-4-25-19(14)29-9-13-5-12(18(28)26-13)8-20(21,22)23/h3-4,6-7,10,12-13H,5,8-9H2,1-2H3,(H2,24,27)(H,26,28)/t12?,13-/m0/s1. The fourth-order valence-corrected chi connectivity index (χ4v) is 3.41. The summed E-state index contributed by atoms with van der Waals surface area (Å²) in [4.78, 5) is 27.7. The van der Waals surface area contributed by atoms with Crippen LogP contribution in [0.15, 0.2) is 24.4 Å². The van der Waals surface area contributed by atoms with E-state index in [9.17, 15) is 22.8 Å². The average molecular weight is 425 g/mol. The van der Waals surface area contributed by atoms with Gasteiger partial charge in [0.25, 0.3) is 5.91 Å². The highest BCUT2D eigenvalue weighted by Gasteiger charge is 2.40. The lowest BCUT2D eigenvalue weighted by atomic mass is 10.0. The Morgan fingerprint density at radius 3 is 2.73 bits per heavy atom. The number of primary amides is 1. The number of alkyl halides is 3. The van der Waals surface area contributed by atoms with Crippen molar-refractivity contribution in [3.8, 4) is 11.6 Å². The van der Waals surface area contributed by atoms with E-state index in [-0.39, 0.29) is 36.3 Å². The molecule has 30 heavy (non-hydrogen) atoms. The van der Waals surface area contributed by atoms with Crippen molar-refractivity contribution in [2.45, 2.75) is 45.0 Å². The maximum absolute atomic E-state index is 12.6. The zero-order valence-corrected chi connectivity index (χ0v) is 16.5. The Morgan fingerprint density at radius 1 is 1.37 bits per heavy atom. The first kappa shape index (κ1) is 21.7. The van der Waals surface area contributed by atoms with E-state index in [2.05, 4.69) is 10.3 Å². The quantitative estimate of drug-likeness (QED) is 0.710. The normalized spacial score (nSPS) is 19.2. The van der Waals surface area contributed by atoms with Crippen LogP contribution in [0.2, 0.25) is 0 Å². The van der Waals surface area contributed by atoms with Crippen molar-refractivity contribution < 1.29 is 32.2 Å². The lowest BCUT2D eigenvalue weighted by Gasteiger charge is -2.16. The molecule has 0 radical (unpaired) electrons. The SMILES string of the molecule is CC(C)Oc1cc2c(OC[C@@H]3CC(CC(F)(F)F)C(=O)N3)nccc2cc1C(N)=O. The highest BCUT2D eigenvalue weighted by atomic mass is 19.4. The topological polar surface area (TPSA) is 104 Å². The number of halogens is 3. The maximum atomic E-state index is 12.6. The molecule has 3 N–H and O–H groups in total. The zero-order valence-electron chi connectivity index (χ0n) is 16.5. The van der Waals surface area contributed by atoms with Crippen molar-refractivity contribution in [2.75, 3.05) is 6.61 Å². The van der Waals surface area contributed by atoms with Crippen molar-refractivity contribution in [2.24, 2.45) is 11.7 Å². The molecule has 0 bridgehead atoms. The number of hydrogen-bond acceptors (Lipinski definition) is 5. The highest BCUT2D eigenvalue weighted by Crippen LogP contribution is 2.33. The average Bonchev–Trinajstić information content (AvgIpc) is 2.96. The molecule has 0 saturated carbocycles. The summed E-state index contributed by atoms with van der Waals surface area (Å²) < 4.78 is 49.1. The molecular formula is C20H22F3N3O4. The molecule has 7 nitrogen and oxygen atoms in total. The molecule has 1 aliphatic rings. The monoisotopic (exact) mass is 425 g/mol. The van der Waals surface area contributed by atoms with Gasteiger partial charge >= 0.3 is 6.18 Å². The van der Waals surface area contributed by atoms with Crippen LogP contribution in [0.1, 0.15) is 37.0 Å². The van der Waals surface area contributed by atoms with Gasteiger partial charge in [0.05, 0.1) is 24.1 Å². The summed E-state index contributed by atoms with van der Waals surface area (Å²) in [5.41, 5.74) is 5.66. The van der Waals surface area contributed by atoms with Gasteiger partial charge in [0, 0.05) is 17.5 Å². The second kappa shape index (κ2) is 8.37. The number of hydrogen-bond donors (Lipinski definition) is 2. The zero-order chi connectivity index (χ0) is 22.1. The Kier molecular flexibility index (Phi) is 6.04. The van der Waals surface area contributed by atoms with Crippen LogP contribution < -0.4 is 20.5 Å². The molecule has 0 spiro atoms. The van der Waals surface area contributed by atoms with Crippen LogP contribution >= 0.6 is 0 Å². The van der Waals surface area contributed by atoms with E-state index >= 15 is 0 Å². The summed E-state index contributed by atoms with van der Waals surface area (Å²) >= 11 is 0. The number of benzene rings is 1. The number of nitrogens with two attached hydrogens (primary N) is 1. The predicted molar refractivity (Wildman–Crippen MR) is 102 cm³/mol. The fraction of sp³-hybridized carbons (Fsp3) is 0.450. The summed E-state index contributed by atoms with van der Waals surface area (Å²) in [5, 5.41) is 3.71. The van der Waals surface area contributed by atoms with E-state index in [0.717, 1.165) is 0 Å². The molecule has 2 atom stereocenters. The van der Waals surface area contributed by atoms with Crippen molar-refractivity contribution in [3.05, 3.63) is 30.0 Å². The van der Waals surface area contributed by atoms with Crippen molar-refractivity contribution in [1.82, 2.24) is 10.3 Å². The van der Waals surface area contributed by atoms with Crippen molar-refractivity contribution >= 4 is 22.6 Å². The summed E-state index contributed by atoms with van der Waals surface area (Å²) in [5.74, 6) is -1.90. The number of pyridine rings is 1. The van der Waals surface area contributed by atoms with E-state index in [4.69, 9.17) is 15.2 Å². The lowest BCUT2D eigenvalue weighted by Crippen LogP contribution is -2.31. The van der Waals surface area contributed by atoms with Gasteiger partial charge in [-0.05, 0) is 43.9 Å². The summed E-state index contributed by atoms with van der Waals surface area (Å²) in [6, 6.07) is 4.28. The first-order valence-corrected chi connectivity index (χ1v) is 9.42. The summed E-state index contributed by atoms with van der Waals surface area (Å²) in [7, 11) is 0. The van der Waals surface area contributed by atoms with Gasteiger partial charge in [-0.1, -0.05) is 0 Å². The molecule has 1 aromatic carbocycles. The van der Waals surface area contributed by atoms with Gasteiger partial charge in [-0.25, -0.2) is 4.98 Å². The minimum Gasteiger partial charge on any atom is -0.490 e. The molecule has 10 heteroatoms. The molecule has 2 amide bonds.